The van der Waals surface area contributed by atoms with Crippen LogP contribution in [0.1, 0.15) is 61.7 Å². The zero-order valence-corrected chi connectivity index (χ0v) is 22.9. The van der Waals surface area contributed by atoms with E-state index in [4.69, 9.17) is 14.7 Å². The maximum atomic E-state index is 13.9. The molecule has 2 amide bonds. The number of amides is 2. The Morgan fingerprint density at radius 2 is 1.87 bits per heavy atom. The Morgan fingerprint density at radius 1 is 1.10 bits per heavy atom. The van der Waals surface area contributed by atoms with Crippen molar-refractivity contribution in [2.75, 3.05) is 41.9 Å². The van der Waals surface area contributed by atoms with Gasteiger partial charge in [0.2, 0.25) is 0 Å². The van der Waals surface area contributed by atoms with Crippen molar-refractivity contribution >= 4 is 23.2 Å². The normalized spacial score (nSPS) is 14.9. The SMILES string of the molecule is C.CCNCCNc1ccc(Cc2ncc3c(n2)N(C2CCC2)C(=O)N(c2c(C)cccc2C)C3)c(OC)c1. The fraction of sp³-hybridized carbons (Fsp3) is 0.452. The molecular weight excluding hydrogens is 488 g/mol. The number of aryl methyl sites for hydroxylation is 2. The number of aromatic nitrogens is 2. The van der Waals surface area contributed by atoms with E-state index in [2.05, 4.69) is 55.7 Å². The summed E-state index contributed by atoms with van der Waals surface area (Å²) in [7, 11) is 1.69. The van der Waals surface area contributed by atoms with Crippen LogP contribution in [0.3, 0.4) is 0 Å². The summed E-state index contributed by atoms with van der Waals surface area (Å²) in [5, 5.41) is 6.74. The van der Waals surface area contributed by atoms with Crippen molar-refractivity contribution in [2.24, 2.45) is 0 Å². The number of rotatable bonds is 10. The zero-order chi connectivity index (χ0) is 26.6. The Balaban J connectivity index is 0.00000353. The predicted molar refractivity (Wildman–Crippen MR) is 159 cm³/mol. The maximum absolute atomic E-state index is 13.9. The second-order valence-corrected chi connectivity index (χ2v) is 10.2. The largest absolute Gasteiger partial charge is 0.496 e. The third-order valence-corrected chi connectivity index (χ3v) is 7.55. The second kappa shape index (κ2) is 12.5. The lowest BCUT2D eigenvalue weighted by Gasteiger charge is -2.44. The van der Waals surface area contributed by atoms with Crippen molar-refractivity contribution in [2.45, 2.75) is 66.5 Å². The number of nitrogens with one attached hydrogen (secondary N) is 2. The van der Waals surface area contributed by atoms with E-state index in [0.717, 1.165) is 84.1 Å². The highest BCUT2D eigenvalue weighted by Gasteiger charge is 2.40. The summed E-state index contributed by atoms with van der Waals surface area (Å²) in [4.78, 5) is 27.5. The molecule has 1 aliphatic heterocycles. The van der Waals surface area contributed by atoms with Crippen molar-refractivity contribution in [3.63, 3.8) is 0 Å². The van der Waals surface area contributed by atoms with Gasteiger partial charge in [-0.25, -0.2) is 14.8 Å². The molecule has 208 valence electrons. The van der Waals surface area contributed by atoms with E-state index in [1.807, 2.05) is 28.1 Å². The molecule has 1 saturated carbocycles. The van der Waals surface area contributed by atoms with Crippen LogP contribution in [0.2, 0.25) is 0 Å². The Hall–Kier alpha value is -3.65. The van der Waals surface area contributed by atoms with Gasteiger partial charge in [0.05, 0.1) is 19.3 Å². The molecule has 0 bridgehead atoms. The standard InChI is InChI=1S/C30H38N6O2.CH4/c1-5-31-14-15-32-24-13-12-22(26(17-24)38-4)16-27-33-18-23-19-35(28-20(2)8-6-9-21(28)3)30(37)36(29(23)34-27)25-10-7-11-25;/h6,8-9,12-13,17-18,25,31-32H,5,7,10-11,14-16,19H2,1-4H3;1H4. The molecule has 8 heteroatoms. The highest BCUT2D eigenvalue weighted by Crippen LogP contribution is 2.38. The fourth-order valence-corrected chi connectivity index (χ4v) is 5.32. The van der Waals surface area contributed by atoms with Gasteiger partial charge in [-0.3, -0.25) is 9.80 Å². The minimum atomic E-state index is 0. The fourth-order valence-electron chi connectivity index (χ4n) is 5.32. The molecule has 5 rings (SSSR count). The average molecular weight is 531 g/mol. The molecule has 8 nitrogen and oxygen atoms in total. The van der Waals surface area contributed by atoms with E-state index in [0.29, 0.717) is 18.8 Å². The van der Waals surface area contributed by atoms with Gasteiger partial charge in [-0.05, 0) is 56.8 Å². The number of urea groups is 1. The quantitative estimate of drug-likeness (QED) is 0.320. The number of likely N-dealkylation sites (N-methyl/N-ethyl adjacent to an activating group) is 1. The number of carbonyl (C=O) groups excluding carboxylic acids is 1. The Bertz CT molecular complexity index is 1290. The number of para-hydroxylation sites is 1. The number of hydrogen-bond donors (Lipinski definition) is 2. The van der Waals surface area contributed by atoms with Gasteiger partial charge < -0.3 is 15.4 Å². The van der Waals surface area contributed by atoms with Crippen molar-refractivity contribution in [3.8, 4) is 5.75 Å². The number of nitrogens with zero attached hydrogens (tertiary/aromatic N) is 4. The lowest BCUT2D eigenvalue weighted by atomic mass is 9.90. The molecule has 0 radical (unpaired) electrons. The monoisotopic (exact) mass is 530 g/mol. The van der Waals surface area contributed by atoms with Gasteiger partial charge in [0.1, 0.15) is 17.4 Å². The maximum Gasteiger partial charge on any atom is 0.330 e. The molecule has 1 aromatic heterocycles. The molecule has 1 fully saturated rings. The molecule has 2 N–H and O–H groups in total. The third-order valence-electron chi connectivity index (χ3n) is 7.55. The summed E-state index contributed by atoms with van der Waals surface area (Å²) in [5.74, 6) is 2.24. The summed E-state index contributed by atoms with van der Waals surface area (Å²) in [5.41, 5.74) is 6.19. The summed E-state index contributed by atoms with van der Waals surface area (Å²) in [6.45, 7) is 9.40. The van der Waals surface area contributed by atoms with E-state index in [9.17, 15) is 4.79 Å². The molecule has 1 aliphatic carbocycles. The molecule has 2 aromatic carbocycles. The molecule has 2 aliphatic rings. The van der Waals surface area contributed by atoms with Crippen molar-refractivity contribution in [1.29, 1.82) is 0 Å². The Morgan fingerprint density at radius 3 is 2.54 bits per heavy atom. The first-order valence-electron chi connectivity index (χ1n) is 13.6. The number of anilines is 3. The molecule has 2 heterocycles. The number of hydrogen-bond acceptors (Lipinski definition) is 6. The van der Waals surface area contributed by atoms with E-state index >= 15 is 0 Å². The molecule has 3 aromatic rings. The van der Waals surface area contributed by atoms with Gasteiger partial charge in [0, 0.05) is 54.6 Å². The molecular formula is C31H42N6O2. The van der Waals surface area contributed by atoms with E-state index in [1.54, 1.807) is 7.11 Å². The Kier molecular flexibility index (Phi) is 9.07. The van der Waals surface area contributed by atoms with Crippen LogP contribution in [-0.4, -0.2) is 48.8 Å². The van der Waals surface area contributed by atoms with E-state index in [1.165, 1.54) is 0 Å². The minimum absolute atomic E-state index is 0. The zero-order valence-electron chi connectivity index (χ0n) is 22.9. The van der Waals surface area contributed by atoms with Crippen LogP contribution in [0.15, 0.2) is 42.6 Å². The number of fused-ring (bicyclic) bond motifs is 1. The van der Waals surface area contributed by atoms with Crippen LogP contribution < -0.4 is 25.2 Å². The molecule has 39 heavy (non-hydrogen) atoms. The van der Waals surface area contributed by atoms with Gasteiger partial charge in [-0.15, -0.1) is 0 Å². The molecule has 0 saturated heterocycles. The summed E-state index contributed by atoms with van der Waals surface area (Å²) in [6, 6.07) is 12.5. The topological polar surface area (TPSA) is 82.6 Å². The van der Waals surface area contributed by atoms with Gasteiger partial charge in [0.25, 0.3) is 0 Å². The highest BCUT2D eigenvalue weighted by molar-refractivity contribution is 6.06. The van der Waals surface area contributed by atoms with Gasteiger partial charge in [-0.1, -0.05) is 38.6 Å². The van der Waals surface area contributed by atoms with E-state index < -0.39 is 0 Å². The molecule has 0 spiro atoms. The molecule has 0 atom stereocenters. The average Bonchev–Trinajstić information content (AvgIpc) is 2.88. The summed E-state index contributed by atoms with van der Waals surface area (Å²) in [6.07, 6.45) is 5.57. The first kappa shape index (κ1) is 28.4. The van der Waals surface area contributed by atoms with Gasteiger partial charge in [0.15, 0.2) is 0 Å². The second-order valence-electron chi connectivity index (χ2n) is 10.2. The lowest BCUT2D eigenvalue weighted by Crippen LogP contribution is -2.54. The smallest absolute Gasteiger partial charge is 0.330 e. The molecule has 0 unspecified atom stereocenters. The first-order valence-corrected chi connectivity index (χ1v) is 13.6. The van der Waals surface area contributed by atoms with Crippen LogP contribution in [-0.2, 0) is 13.0 Å². The van der Waals surface area contributed by atoms with Crippen molar-refractivity contribution in [3.05, 3.63) is 70.7 Å². The minimum Gasteiger partial charge on any atom is -0.496 e. The van der Waals surface area contributed by atoms with Gasteiger partial charge in [-0.2, -0.15) is 0 Å². The van der Waals surface area contributed by atoms with Crippen molar-refractivity contribution in [1.82, 2.24) is 15.3 Å². The Labute approximate surface area is 232 Å². The first-order chi connectivity index (χ1) is 18.5. The number of carbonyl (C=O) groups is 1. The van der Waals surface area contributed by atoms with Crippen molar-refractivity contribution < 1.29 is 9.53 Å². The number of methoxy groups -OCH3 is 1. The van der Waals surface area contributed by atoms with Gasteiger partial charge >= 0.3 is 6.03 Å². The third kappa shape index (κ3) is 5.86. The number of ether oxygens (including phenoxy) is 1. The van der Waals surface area contributed by atoms with Crippen LogP contribution in [0.4, 0.5) is 22.0 Å². The van der Waals surface area contributed by atoms with E-state index in [-0.39, 0.29) is 19.5 Å². The van der Waals surface area contributed by atoms with Crippen LogP contribution in [0, 0.1) is 13.8 Å². The predicted octanol–water partition coefficient (Wildman–Crippen LogP) is 5.85. The highest BCUT2D eigenvalue weighted by atomic mass is 16.5. The summed E-state index contributed by atoms with van der Waals surface area (Å²) < 4.78 is 5.70. The van der Waals surface area contributed by atoms with Crippen LogP contribution in [0.25, 0.3) is 0 Å². The summed E-state index contributed by atoms with van der Waals surface area (Å²) >= 11 is 0. The lowest BCUT2D eigenvalue weighted by molar-refractivity contribution is 0.242. The number of benzene rings is 2. The van der Waals surface area contributed by atoms with Crippen LogP contribution in [0.5, 0.6) is 5.75 Å². The van der Waals surface area contributed by atoms with Crippen LogP contribution >= 0.6 is 0 Å².